The Morgan fingerprint density at radius 3 is 2.62 bits per heavy atom. The molecule has 0 atom stereocenters. The van der Waals surface area contributed by atoms with Crippen LogP contribution >= 0.6 is 23.7 Å². The van der Waals surface area contributed by atoms with Gasteiger partial charge in [0.25, 0.3) is 0 Å². The van der Waals surface area contributed by atoms with Gasteiger partial charge in [-0.3, -0.25) is 0 Å². The highest BCUT2D eigenvalue weighted by molar-refractivity contribution is 7.22. The van der Waals surface area contributed by atoms with E-state index in [1.165, 1.54) is 11.3 Å². The molecule has 2 aromatic carbocycles. The number of halogens is 1. The number of nitrogens with zero attached hydrogens (tertiary/aromatic N) is 1. The van der Waals surface area contributed by atoms with Crippen LogP contribution in [0, 0.1) is 0 Å². The third kappa shape index (κ3) is 3.37. The lowest BCUT2D eigenvalue weighted by atomic mass is 10.2. The molecule has 6 heteroatoms. The van der Waals surface area contributed by atoms with E-state index in [1.807, 2.05) is 42.5 Å². The number of hydrogen-bond donors (Lipinski definition) is 1. The minimum Gasteiger partial charge on any atom is -0.493 e. The number of hydrogen-bond acceptors (Lipinski definition) is 5. The molecule has 0 spiro atoms. The van der Waals surface area contributed by atoms with E-state index in [2.05, 4.69) is 4.98 Å². The summed E-state index contributed by atoms with van der Waals surface area (Å²) >= 11 is 1.44. The van der Waals surface area contributed by atoms with E-state index in [9.17, 15) is 0 Å². The predicted molar refractivity (Wildman–Crippen MR) is 88.6 cm³/mol. The summed E-state index contributed by atoms with van der Waals surface area (Å²) in [7, 11) is 1.63. The molecular formula is C15H15ClN2O2S. The van der Waals surface area contributed by atoms with E-state index in [0.29, 0.717) is 23.2 Å². The van der Waals surface area contributed by atoms with E-state index in [0.717, 1.165) is 15.8 Å². The molecule has 0 fully saturated rings. The molecule has 0 aliphatic rings. The van der Waals surface area contributed by atoms with Crippen molar-refractivity contribution in [3.63, 3.8) is 0 Å². The van der Waals surface area contributed by atoms with Crippen LogP contribution in [0.25, 0.3) is 10.2 Å². The summed E-state index contributed by atoms with van der Waals surface area (Å²) < 4.78 is 12.2. The maximum absolute atomic E-state index is 5.83. The summed E-state index contributed by atoms with van der Waals surface area (Å²) in [5.41, 5.74) is 7.66. The molecule has 21 heavy (non-hydrogen) atoms. The maximum atomic E-state index is 5.83. The largest absolute Gasteiger partial charge is 0.493 e. The van der Waals surface area contributed by atoms with Crippen LogP contribution in [0.15, 0.2) is 42.5 Å². The van der Waals surface area contributed by atoms with Crippen molar-refractivity contribution in [2.75, 3.05) is 12.8 Å². The van der Waals surface area contributed by atoms with Crippen LogP contribution in [-0.4, -0.2) is 12.1 Å². The first kappa shape index (κ1) is 15.4. The summed E-state index contributed by atoms with van der Waals surface area (Å²) in [4.78, 5) is 4.26. The molecule has 0 aliphatic carbocycles. The van der Waals surface area contributed by atoms with E-state index in [1.54, 1.807) is 7.11 Å². The van der Waals surface area contributed by atoms with Gasteiger partial charge in [-0.1, -0.05) is 41.7 Å². The second-order valence-corrected chi connectivity index (χ2v) is 5.36. The van der Waals surface area contributed by atoms with E-state index in [4.69, 9.17) is 15.2 Å². The van der Waals surface area contributed by atoms with Crippen LogP contribution in [0.2, 0.25) is 0 Å². The molecule has 0 saturated heterocycles. The first-order chi connectivity index (χ1) is 9.76. The van der Waals surface area contributed by atoms with Gasteiger partial charge in [-0.15, -0.1) is 12.4 Å². The number of methoxy groups -OCH3 is 1. The lowest BCUT2D eigenvalue weighted by Gasteiger charge is -2.10. The molecule has 0 unspecified atom stereocenters. The Balaban J connectivity index is 0.00000161. The molecule has 1 aromatic heterocycles. The molecule has 4 nitrogen and oxygen atoms in total. The Hall–Kier alpha value is -1.98. The van der Waals surface area contributed by atoms with Gasteiger partial charge < -0.3 is 15.2 Å². The van der Waals surface area contributed by atoms with Crippen LogP contribution in [0.1, 0.15) is 5.56 Å². The van der Waals surface area contributed by atoms with Gasteiger partial charge in [-0.2, -0.15) is 0 Å². The number of rotatable bonds is 4. The molecule has 0 saturated carbocycles. The monoisotopic (exact) mass is 322 g/mol. The van der Waals surface area contributed by atoms with Crippen molar-refractivity contribution < 1.29 is 9.47 Å². The zero-order valence-corrected chi connectivity index (χ0v) is 13.0. The topological polar surface area (TPSA) is 57.4 Å². The van der Waals surface area contributed by atoms with E-state index in [-0.39, 0.29) is 12.4 Å². The minimum atomic E-state index is 0. The summed E-state index contributed by atoms with van der Waals surface area (Å²) in [5, 5.41) is 0.544. The van der Waals surface area contributed by atoms with Crippen molar-refractivity contribution in [1.29, 1.82) is 0 Å². The Morgan fingerprint density at radius 1 is 1.14 bits per heavy atom. The Morgan fingerprint density at radius 2 is 1.90 bits per heavy atom. The molecule has 3 aromatic rings. The Bertz CT molecular complexity index is 731. The van der Waals surface area contributed by atoms with Crippen molar-refractivity contribution in [3.8, 4) is 11.5 Å². The van der Waals surface area contributed by atoms with Gasteiger partial charge in [0.1, 0.15) is 6.61 Å². The maximum Gasteiger partial charge on any atom is 0.181 e. The second-order valence-electron chi connectivity index (χ2n) is 4.30. The van der Waals surface area contributed by atoms with Crippen molar-refractivity contribution in [2.45, 2.75) is 6.61 Å². The first-order valence-corrected chi connectivity index (χ1v) is 6.98. The highest BCUT2D eigenvalue weighted by Crippen LogP contribution is 2.35. The van der Waals surface area contributed by atoms with Gasteiger partial charge in [0, 0.05) is 12.1 Å². The van der Waals surface area contributed by atoms with E-state index < -0.39 is 0 Å². The van der Waals surface area contributed by atoms with Gasteiger partial charge in [-0.25, -0.2) is 4.98 Å². The molecule has 0 aliphatic heterocycles. The molecule has 0 radical (unpaired) electrons. The number of fused-ring (bicyclic) bond motifs is 1. The number of anilines is 1. The number of thiazole rings is 1. The highest BCUT2D eigenvalue weighted by atomic mass is 35.5. The number of ether oxygens (including phenoxy) is 2. The quantitative estimate of drug-likeness (QED) is 0.791. The highest BCUT2D eigenvalue weighted by Gasteiger charge is 2.10. The zero-order chi connectivity index (χ0) is 13.9. The molecule has 0 bridgehead atoms. The van der Waals surface area contributed by atoms with Crippen molar-refractivity contribution in [3.05, 3.63) is 48.0 Å². The third-order valence-corrected chi connectivity index (χ3v) is 3.77. The number of aromatic nitrogens is 1. The van der Waals surface area contributed by atoms with Crippen LogP contribution < -0.4 is 15.2 Å². The van der Waals surface area contributed by atoms with Gasteiger partial charge in [0.2, 0.25) is 0 Å². The van der Waals surface area contributed by atoms with Gasteiger partial charge in [0.05, 0.1) is 17.3 Å². The normalized spacial score (nSPS) is 10.1. The smallest absolute Gasteiger partial charge is 0.181 e. The Kier molecular flexibility index (Phi) is 4.88. The molecule has 0 amide bonds. The minimum absolute atomic E-state index is 0. The fourth-order valence-electron chi connectivity index (χ4n) is 1.96. The fraction of sp³-hybridized carbons (Fsp3) is 0.133. The average molecular weight is 323 g/mol. The summed E-state index contributed by atoms with van der Waals surface area (Å²) in [5.74, 6) is 1.37. The third-order valence-electron chi connectivity index (χ3n) is 2.93. The lowest BCUT2D eigenvalue weighted by molar-refractivity contribution is 0.285. The van der Waals surface area contributed by atoms with Crippen molar-refractivity contribution >= 4 is 39.1 Å². The average Bonchev–Trinajstić information content (AvgIpc) is 2.84. The summed E-state index contributed by atoms with van der Waals surface area (Å²) in [6.45, 7) is 0.488. The zero-order valence-electron chi connectivity index (χ0n) is 11.4. The molecule has 110 valence electrons. The van der Waals surface area contributed by atoms with Crippen LogP contribution in [-0.2, 0) is 6.61 Å². The van der Waals surface area contributed by atoms with Gasteiger partial charge in [-0.05, 0) is 5.56 Å². The Labute approximate surface area is 132 Å². The van der Waals surface area contributed by atoms with Crippen molar-refractivity contribution in [1.82, 2.24) is 4.98 Å². The molecular weight excluding hydrogens is 308 g/mol. The van der Waals surface area contributed by atoms with Crippen LogP contribution in [0.4, 0.5) is 5.13 Å². The molecule has 1 heterocycles. The van der Waals surface area contributed by atoms with Crippen LogP contribution in [0.3, 0.4) is 0 Å². The standard InChI is InChI=1S/C15H14N2O2S.ClH/c1-18-12-8-14-11(17-15(16)20-14)7-13(12)19-9-10-5-3-2-4-6-10;/h2-8H,9H2,1H3,(H2,16,17);1H. The van der Waals surface area contributed by atoms with Gasteiger partial charge >= 0.3 is 0 Å². The number of nitrogens with two attached hydrogens (primary N) is 1. The van der Waals surface area contributed by atoms with Gasteiger partial charge in [0.15, 0.2) is 16.6 Å². The second kappa shape index (κ2) is 6.65. The SMILES string of the molecule is COc1cc2sc(N)nc2cc1OCc1ccccc1.Cl. The molecule has 3 rings (SSSR count). The summed E-state index contributed by atoms with van der Waals surface area (Å²) in [6, 6.07) is 13.8. The number of nitrogen functional groups attached to an aromatic ring is 1. The fourth-order valence-corrected chi connectivity index (χ4v) is 2.71. The first-order valence-electron chi connectivity index (χ1n) is 6.17. The predicted octanol–water partition coefficient (Wildman–Crippen LogP) is 3.89. The van der Waals surface area contributed by atoms with Crippen molar-refractivity contribution in [2.24, 2.45) is 0 Å². The number of benzene rings is 2. The summed E-state index contributed by atoms with van der Waals surface area (Å²) in [6.07, 6.45) is 0. The van der Waals surface area contributed by atoms with Crippen LogP contribution in [0.5, 0.6) is 11.5 Å². The van der Waals surface area contributed by atoms with E-state index >= 15 is 0 Å². The molecule has 2 N–H and O–H groups in total. The lowest BCUT2D eigenvalue weighted by Crippen LogP contribution is -1.97.